The zero-order chi connectivity index (χ0) is 12.0. The fourth-order valence-corrected chi connectivity index (χ4v) is 5.08. The SMILES string of the molecule is C[Si](C)(C)c1cc2cc3ccccc3cc2s1. The van der Waals surface area contributed by atoms with Gasteiger partial charge in [0.25, 0.3) is 0 Å². The highest BCUT2D eigenvalue weighted by molar-refractivity contribution is 7.31. The molecule has 86 valence electrons. The first-order valence-corrected chi connectivity index (χ1v) is 10.3. The van der Waals surface area contributed by atoms with Crippen LogP contribution in [0.4, 0.5) is 0 Å². The topological polar surface area (TPSA) is 0 Å². The zero-order valence-electron chi connectivity index (χ0n) is 10.4. The summed E-state index contributed by atoms with van der Waals surface area (Å²) in [5.41, 5.74) is 0. The Labute approximate surface area is 107 Å². The largest absolute Gasteiger partial charge is 0.145 e. The van der Waals surface area contributed by atoms with E-state index in [4.69, 9.17) is 0 Å². The van der Waals surface area contributed by atoms with Crippen LogP contribution in [0, 0.1) is 0 Å². The van der Waals surface area contributed by atoms with Gasteiger partial charge in [-0.1, -0.05) is 43.9 Å². The number of thiophene rings is 1. The van der Waals surface area contributed by atoms with Crippen molar-refractivity contribution in [3.05, 3.63) is 42.5 Å². The molecule has 0 aliphatic rings. The third-order valence-electron chi connectivity index (χ3n) is 3.12. The number of rotatable bonds is 1. The molecule has 3 aromatic rings. The number of hydrogen-bond acceptors (Lipinski definition) is 1. The van der Waals surface area contributed by atoms with Gasteiger partial charge in [0.1, 0.15) is 0 Å². The second-order valence-corrected chi connectivity index (χ2v) is 12.1. The molecule has 2 heteroatoms. The van der Waals surface area contributed by atoms with Gasteiger partial charge in [-0.15, -0.1) is 11.3 Å². The number of fused-ring (bicyclic) bond motifs is 2. The molecule has 0 saturated heterocycles. The predicted octanol–water partition coefficient (Wildman–Crippen LogP) is 4.60. The predicted molar refractivity (Wildman–Crippen MR) is 82.3 cm³/mol. The first-order valence-electron chi connectivity index (χ1n) is 5.97. The van der Waals surface area contributed by atoms with Crippen molar-refractivity contribution in [1.82, 2.24) is 0 Å². The fourth-order valence-electron chi connectivity index (χ4n) is 2.10. The fraction of sp³-hybridized carbons (Fsp3) is 0.200. The van der Waals surface area contributed by atoms with Gasteiger partial charge in [0, 0.05) is 4.70 Å². The molecule has 3 rings (SSSR count). The third-order valence-corrected chi connectivity index (χ3v) is 7.80. The summed E-state index contributed by atoms with van der Waals surface area (Å²) in [6.07, 6.45) is 0. The normalized spacial score (nSPS) is 12.4. The maximum atomic E-state index is 2.41. The maximum absolute atomic E-state index is 2.41. The molecule has 0 atom stereocenters. The molecule has 0 N–H and O–H groups in total. The summed E-state index contributed by atoms with van der Waals surface area (Å²) in [6, 6.07) is 15.7. The molecule has 17 heavy (non-hydrogen) atoms. The minimum atomic E-state index is -1.17. The third kappa shape index (κ3) is 1.92. The van der Waals surface area contributed by atoms with Crippen molar-refractivity contribution in [3.63, 3.8) is 0 Å². The monoisotopic (exact) mass is 256 g/mol. The molecule has 0 fully saturated rings. The van der Waals surface area contributed by atoms with Gasteiger partial charge in [0.15, 0.2) is 0 Å². The van der Waals surface area contributed by atoms with Crippen molar-refractivity contribution in [2.24, 2.45) is 0 Å². The van der Waals surface area contributed by atoms with Crippen LogP contribution in [0.5, 0.6) is 0 Å². The smallest absolute Gasteiger partial charge is 0.0904 e. The van der Waals surface area contributed by atoms with Crippen molar-refractivity contribution in [1.29, 1.82) is 0 Å². The Kier molecular flexibility index (Phi) is 2.38. The first-order chi connectivity index (χ1) is 8.04. The van der Waals surface area contributed by atoms with Crippen molar-refractivity contribution in [2.75, 3.05) is 0 Å². The average molecular weight is 256 g/mol. The Hall–Kier alpha value is -1.12. The van der Waals surface area contributed by atoms with E-state index in [1.807, 2.05) is 11.3 Å². The van der Waals surface area contributed by atoms with E-state index in [1.165, 1.54) is 20.9 Å². The van der Waals surface area contributed by atoms with Crippen molar-refractivity contribution < 1.29 is 0 Å². The minimum Gasteiger partial charge on any atom is -0.145 e. The summed E-state index contributed by atoms with van der Waals surface area (Å²) in [7, 11) is -1.17. The lowest BCUT2D eigenvalue weighted by Gasteiger charge is -2.11. The summed E-state index contributed by atoms with van der Waals surface area (Å²) >= 11 is 1.98. The van der Waals surface area contributed by atoms with Gasteiger partial charge >= 0.3 is 0 Å². The van der Waals surface area contributed by atoms with E-state index in [9.17, 15) is 0 Å². The lowest BCUT2D eigenvalue weighted by molar-refractivity contribution is 1.79. The molecule has 0 spiro atoms. The van der Waals surface area contributed by atoms with Gasteiger partial charge in [-0.2, -0.15) is 0 Å². The van der Waals surface area contributed by atoms with Gasteiger partial charge in [-0.05, 0) is 38.9 Å². The molecule has 0 bridgehead atoms. The second kappa shape index (κ2) is 3.69. The van der Waals surface area contributed by atoms with Crippen LogP contribution in [0.1, 0.15) is 0 Å². The molecular formula is C15H16SSi. The Morgan fingerprint density at radius 3 is 2.12 bits per heavy atom. The Bertz CT molecular complexity index is 636. The lowest BCUT2D eigenvalue weighted by atomic mass is 10.1. The van der Waals surface area contributed by atoms with E-state index in [0.717, 1.165) is 0 Å². The van der Waals surface area contributed by atoms with E-state index in [0.29, 0.717) is 0 Å². The molecule has 0 unspecified atom stereocenters. The van der Waals surface area contributed by atoms with Gasteiger partial charge in [-0.25, -0.2) is 0 Å². The van der Waals surface area contributed by atoms with Crippen LogP contribution in [0.2, 0.25) is 19.6 Å². The van der Waals surface area contributed by atoms with E-state index in [1.54, 1.807) is 4.50 Å². The minimum absolute atomic E-state index is 1.17. The summed E-state index contributed by atoms with van der Waals surface area (Å²) in [6.45, 7) is 7.24. The first kappa shape index (κ1) is 11.0. The number of benzene rings is 2. The van der Waals surface area contributed by atoms with Crippen LogP contribution < -0.4 is 4.50 Å². The molecule has 0 aliphatic heterocycles. The van der Waals surface area contributed by atoms with Crippen LogP contribution in [0.25, 0.3) is 20.9 Å². The molecule has 0 aliphatic carbocycles. The molecule has 0 saturated carbocycles. The van der Waals surface area contributed by atoms with Gasteiger partial charge < -0.3 is 0 Å². The Morgan fingerprint density at radius 2 is 1.47 bits per heavy atom. The highest BCUT2D eigenvalue weighted by Crippen LogP contribution is 2.27. The van der Waals surface area contributed by atoms with Crippen LogP contribution in [-0.2, 0) is 0 Å². The molecule has 0 nitrogen and oxygen atoms in total. The van der Waals surface area contributed by atoms with Crippen molar-refractivity contribution in [3.8, 4) is 0 Å². The average Bonchev–Trinajstić information content (AvgIpc) is 2.68. The van der Waals surface area contributed by atoms with Crippen molar-refractivity contribution in [2.45, 2.75) is 19.6 Å². The Morgan fingerprint density at radius 1 is 0.824 bits per heavy atom. The summed E-state index contributed by atoms with van der Waals surface area (Å²) in [5, 5.41) is 4.11. The molecule has 1 heterocycles. The summed E-state index contributed by atoms with van der Waals surface area (Å²) in [4.78, 5) is 0. The summed E-state index contributed by atoms with van der Waals surface area (Å²) < 4.78 is 3.03. The van der Waals surface area contributed by atoms with Crippen LogP contribution >= 0.6 is 11.3 Å². The Balaban J connectivity index is 2.32. The van der Waals surface area contributed by atoms with E-state index in [2.05, 4.69) is 62.1 Å². The van der Waals surface area contributed by atoms with Gasteiger partial charge in [-0.3, -0.25) is 0 Å². The van der Waals surface area contributed by atoms with E-state index in [-0.39, 0.29) is 0 Å². The van der Waals surface area contributed by atoms with Crippen LogP contribution in [0.3, 0.4) is 0 Å². The second-order valence-electron chi connectivity index (χ2n) is 5.60. The molecule has 1 aromatic heterocycles. The van der Waals surface area contributed by atoms with E-state index < -0.39 is 8.07 Å². The standard InChI is InChI=1S/C15H16SSi/c1-17(2,3)15-10-13-8-11-6-4-5-7-12(11)9-14(13)16-15/h4-10H,1-3H3. The number of hydrogen-bond donors (Lipinski definition) is 0. The molecule has 0 amide bonds. The van der Waals surface area contributed by atoms with Gasteiger partial charge in [0.2, 0.25) is 0 Å². The van der Waals surface area contributed by atoms with Crippen LogP contribution in [-0.4, -0.2) is 8.07 Å². The van der Waals surface area contributed by atoms with E-state index >= 15 is 0 Å². The zero-order valence-corrected chi connectivity index (χ0v) is 12.3. The molecule has 2 aromatic carbocycles. The van der Waals surface area contributed by atoms with Crippen LogP contribution in [0.15, 0.2) is 42.5 Å². The molecular weight excluding hydrogens is 240 g/mol. The summed E-state index contributed by atoms with van der Waals surface area (Å²) in [5.74, 6) is 0. The quantitative estimate of drug-likeness (QED) is 0.558. The highest BCUT2D eigenvalue weighted by atomic mass is 32.1. The molecule has 0 radical (unpaired) electrons. The maximum Gasteiger partial charge on any atom is 0.0904 e. The van der Waals surface area contributed by atoms with Gasteiger partial charge in [0.05, 0.1) is 8.07 Å². The highest BCUT2D eigenvalue weighted by Gasteiger charge is 2.19. The lowest BCUT2D eigenvalue weighted by Crippen LogP contribution is -2.34. The van der Waals surface area contributed by atoms with Crippen molar-refractivity contribution >= 4 is 44.8 Å².